The molecule has 0 unspecified atom stereocenters. The normalized spacial score (nSPS) is 10.8. The first kappa shape index (κ1) is 15.7. The molecule has 1 aromatic heterocycles. The van der Waals surface area contributed by atoms with Crippen LogP contribution in [0.25, 0.3) is 16.6 Å². The maximum atomic E-state index is 14.5. The van der Waals surface area contributed by atoms with E-state index in [9.17, 15) is 14.0 Å². The van der Waals surface area contributed by atoms with E-state index in [1.165, 1.54) is 12.1 Å². The van der Waals surface area contributed by atoms with E-state index in [2.05, 4.69) is 0 Å². The topological polar surface area (TPSA) is 74.3 Å². The van der Waals surface area contributed by atoms with Gasteiger partial charge < -0.3 is 15.0 Å². The van der Waals surface area contributed by atoms with Crippen LogP contribution in [0, 0.1) is 5.82 Å². The number of hydrogen-bond donors (Lipinski definition) is 1. The van der Waals surface area contributed by atoms with Gasteiger partial charge in [-0.3, -0.25) is 4.79 Å². The number of carbonyl (C=O) groups is 2. The van der Waals surface area contributed by atoms with Gasteiger partial charge in [0, 0.05) is 11.8 Å². The van der Waals surface area contributed by atoms with E-state index < -0.39 is 17.7 Å². The van der Waals surface area contributed by atoms with E-state index in [1.54, 1.807) is 42.0 Å². The lowest BCUT2D eigenvalue weighted by atomic mass is 10.1. The van der Waals surface area contributed by atoms with Crippen LogP contribution in [0.15, 0.2) is 48.7 Å². The maximum Gasteiger partial charge on any atom is 0.338 e. The molecule has 122 valence electrons. The van der Waals surface area contributed by atoms with Crippen molar-refractivity contribution in [2.45, 2.75) is 6.92 Å². The van der Waals surface area contributed by atoms with Gasteiger partial charge in [0.15, 0.2) is 0 Å². The molecule has 1 amide bonds. The standard InChI is InChI=1S/C18H15FN2O3/c1-2-24-18(23)13-5-6-15(14(19)9-13)21-8-7-11-3-4-12(17(20)22)10-16(11)21/h3-10H,2H2,1H3,(H2,20,22). The molecule has 5 nitrogen and oxygen atoms in total. The van der Waals surface area contributed by atoms with Crippen molar-refractivity contribution in [2.24, 2.45) is 5.73 Å². The van der Waals surface area contributed by atoms with Gasteiger partial charge in [-0.25, -0.2) is 9.18 Å². The molecule has 0 aliphatic carbocycles. The minimum atomic E-state index is -0.573. The van der Waals surface area contributed by atoms with E-state index in [0.717, 1.165) is 11.5 Å². The zero-order valence-electron chi connectivity index (χ0n) is 13.0. The SMILES string of the molecule is CCOC(=O)c1ccc(-n2ccc3ccc(C(N)=O)cc32)c(F)c1. The molecule has 0 bridgehead atoms. The fourth-order valence-electron chi connectivity index (χ4n) is 2.54. The minimum absolute atomic E-state index is 0.146. The van der Waals surface area contributed by atoms with Gasteiger partial charge in [0.2, 0.25) is 5.91 Å². The van der Waals surface area contributed by atoms with Crippen LogP contribution in [0.3, 0.4) is 0 Å². The van der Waals surface area contributed by atoms with Crippen molar-refractivity contribution in [3.8, 4) is 5.69 Å². The van der Waals surface area contributed by atoms with Crippen molar-refractivity contribution in [3.63, 3.8) is 0 Å². The molecule has 0 spiro atoms. The van der Waals surface area contributed by atoms with Crippen LogP contribution in [-0.2, 0) is 4.74 Å². The molecule has 0 saturated heterocycles. The molecule has 3 rings (SSSR count). The lowest BCUT2D eigenvalue weighted by Crippen LogP contribution is -2.10. The summed E-state index contributed by atoms with van der Waals surface area (Å²) < 4.78 is 20.9. The number of aromatic nitrogens is 1. The molecule has 0 saturated carbocycles. The molecule has 0 aliphatic rings. The van der Waals surface area contributed by atoms with Gasteiger partial charge in [0.05, 0.1) is 23.4 Å². The average Bonchev–Trinajstić information content (AvgIpc) is 2.97. The lowest BCUT2D eigenvalue weighted by molar-refractivity contribution is 0.0525. The van der Waals surface area contributed by atoms with Crippen LogP contribution >= 0.6 is 0 Å². The number of fused-ring (bicyclic) bond motifs is 1. The molecule has 3 aromatic rings. The maximum absolute atomic E-state index is 14.5. The number of carbonyl (C=O) groups excluding carboxylic acids is 2. The number of ether oxygens (including phenoxy) is 1. The van der Waals surface area contributed by atoms with Crippen molar-refractivity contribution in [3.05, 3.63) is 65.6 Å². The van der Waals surface area contributed by atoms with Gasteiger partial charge in [-0.05, 0) is 48.7 Å². The van der Waals surface area contributed by atoms with Crippen LogP contribution in [0.4, 0.5) is 4.39 Å². The van der Waals surface area contributed by atoms with Crippen LogP contribution in [-0.4, -0.2) is 23.1 Å². The number of hydrogen-bond acceptors (Lipinski definition) is 3. The molecule has 0 aliphatic heterocycles. The molecule has 0 atom stereocenters. The molecule has 1 heterocycles. The van der Waals surface area contributed by atoms with Gasteiger partial charge in [0.1, 0.15) is 5.82 Å². The number of rotatable bonds is 4. The summed E-state index contributed by atoms with van der Waals surface area (Å²) in [4.78, 5) is 23.0. The Morgan fingerprint density at radius 2 is 1.88 bits per heavy atom. The summed E-state index contributed by atoms with van der Waals surface area (Å²) >= 11 is 0. The quantitative estimate of drug-likeness (QED) is 0.749. The largest absolute Gasteiger partial charge is 0.462 e. The smallest absolute Gasteiger partial charge is 0.338 e. The second-order valence-electron chi connectivity index (χ2n) is 5.21. The summed E-state index contributed by atoms with van der Waals surface area (Å²) in [6, 6.07) is 10.9. The monoisotopic (exact) mass is 326 g/mol. The van der Waals surface area contributed by atoms with Gasteiger partial charge >= 0.3 is 5.97 Å². The van der Waals surface area contributed by atoms with E-state index in [1.807, 2.05) is 0 Å². The van der Waals surface area contributed by atoms with Crippen molar-refractivity contribution in [1.82, 2.24) is 4.57 Å². The molecule has 2 N–H and O–H groups in total. The Hall–Kier alpha value is -3.15. The van der Waals surface area contributed by atoms with Crippen LogP contribution < -0.4 is 5.73 Å². The molecule has 0 radical (unpaired) electrons. The predicted octanol–water partition coefficient (Wildman–Crippen LogP) is 3.05. The summed E-state index contributed by atoms with van der Waals surface area (Å²) in [5.74, 6) is -1.69. The number of esters is 1. The molecule has 24 heavy (non-hydrogen) atoms. The first-order valence-electron chi connectivity index (χ1n) is 7.39. The number of nitrogens with zero attached hydrogens (tertiary/aromatic N) is 1. The van der Waals surface area contributed by atoms with Gasteiger partial charge in [-0.2, -0.15) is 0 Å². The molecular formula is C18H15FN2O3. The van der Waals surface area contributed by atoms with Crippen LogP contribution in [0.1, 0.15) is 27.6 Å². The Bertz CT molecular complexity index is 947. The van der Waals surface area contributed by atoms with Crippen molar-refractivity contribution in [1.29, 1.82) is 0 Å². The minimum Gasteiger partial charge on any atom is -0.462 e. The molecular weight excluding hydrogens is 311 g/mol. The van der Waals surface area contributed by atoms with Crippen molar-refractivity contribution in [2.75, 3.05) is 6.61 Å². The zero-order valence-corrected chi connectivity index (χ0v) is 13.0. The van der Waals surface area contributed by atoms with Gasteiger partial charge in [0.25, 0.3) is 0 Å². The van der Waals surface area contributed by atoms with Crippen LogP contribution in [0.5, 0.6) is 0 Å². The Labute approximate surface area is 137 Å². The van der Waals surface area contributed by atoms with E-state index in [4.69, 9.17) is 10.5 Å². The van der Waals surface area contributed by atoms with Crippen LogP contribution in [0.2, 0.25) is 0 Å². The third-order valence-electron chi connectivity index (χ3n) is 3.70. The van der Waals surface area contributed by atoms with Crippen molar-refractivity contribution >= 4 is 22.8 Å². The first-order valence-corrected chi connectivity index (χ1v) is 7.39. The summed E-state index contributed by atoms with van der Waals surface area (Å²) in [6.07, 6.45) is 1.69. The summed E-state index contributed by atoms with van der Waals surface area (Å²) in [5, 5.41) is 0.842. The summed E-state index contributed by atoms with van der Waals surface area (Å²) in [5.41, 5.74) is 6.70. The highest BCUT2D eigenvalue weighted by Gasteiger charge is 2.14. The van der Waals surface area contributed by atoms with E-state index in [0.29, 0.717) is 11.1 Å². The van der Waals surface area contributed by atoms with E-state index in [-0.39, 0.29) is 17.9 Å². The number of halogens is 1. The average molecular weight is 326 g/mol. The number of primary amides is 1. The highest BCUT2D eigenvalue weighted by Crippen LogP contribution is 2.24. The van der Waals surface area contributed by atoms with Gasteiger partial charge in [-0.15, -0.1) is 0 Å². The highest BCUT2D eigenvalue weighted by atomic mass is 19.1. The second-order valence-corrected chi connectivity index (χ2v) is 5.21. The number of nitrogens with two attached hydrogens (primary N) is 1. The third-order valence-corrected chi connectivity index (χ3v) is 3.70. The Balaban J connectivity index is 2.09. The lowest BCUT2D eigenvalue weighted by Gasteiger charge is -2.09. The number of benzene rings is 2. The molecule has 2 aromatic carbocycles. The molecule has 6 heteroatoms. The van der Waals surface area contributed by atoms with Gasteiger partial charge in [-0.1, -0.05) is 6.07 Å². The Kier molecular flexibility index (Phi) is 4.04. The third kappa shape index (κ3) is 2.74. The first-order chi connectivity index (χ1) is 11.5. The fourth-order valence-corrected chi connectivity index (χ4v) is 2.54. The summed E-state index contributed by atoms with van der Waals surface area (Å²) in [7, 11) is 0. The van der Waals surface area contributed by atoms with E-state index >= 15 is 0 Å². The number of amides is 1. The zero-order chi connectivity index (χ0) is 17.3. The molecule has 0 fully saturated rings. The Morgan fingerprint density at radius 1 is 1.12 bits per heavy atom. The van der Waals surface area contributed by atoms with Crippen molar-refractivity contribution < 1.29 is 18.7 Å². The fraction of sp³-hybridized carbons (Fsp3) is 0.111. The highest BCUT2D eigenvalue weighted by molar-refractivity contribution is 5.97. The predicted molar refractivity (Wildman–Crippen MR) is 87.7 cm³/mol. The Morgan fingerprint density at radius 3 is 2.54 bits per heavy atom. The summed E-state index contributed by atoms with van der Waals surface area (Å²) in [6.45, 7) is 1.91. The second kappa shape index (κ2) is 6.16.